The topological polar surface area (TPSA) is 81.5 Å². The second-order valence-electron chi connectivity index (χ2n) is 3.29. The van der Waals surface area contributed by atoms with Gasteiger partial charge in [-0.05, 0) is 6.07 Å². The molecule has 0 radical (unpaired) electrons. The molecule has 1 aromatic rings. The molecule has 104 valence electrons. The first kappa shape index (κ1) is 14.8. The van der Waals surface area contributed by atoms with Gasteiger partial charge in [0.05, 0.1) is 16.6 Å². The van der Waals surface area contributed by atoms with Gasteiger partial charge in [0.15, 0.2) is 6.61 Å². The predicted octanol–water partition coefficient (Wildman–Crippen LogP) is 1.96. The van der Waals surface area contributed by atoms with Crippen LogP contribution in [0.2, 0.25) is 0 Å². The number of benzene rings is 1. The summed E-state index contributed by atoms with van der Waals surface area (Å²) in [5, 5.41) is 10.4. The summed E-state index contributed by atoms with van der Waals surface area (Å²) in [6.07, 6.45) is -4.65. The Morgan fingerprint density at radius 3 is 2.53 bits per heavy atom. The fraction of sp³-hybridized carbons (Fsp3) is 0.222. The molecular formula is C9H6F4N2O4. The van der Waals surface area contributed by atoms with E-state index in [1.807, 2.05) is 0 Å². The number of nitro benzene ring substituents is 1. The molecule has 0 saturated heterocycles. The largest absolute Gasteiger partial charge is 0.414 e. The van der Waals surface area contributed by atoms with Crippen LogP contribution in [0.1, 0.15) is 10.4 Å². The molecule has 0 aliphatic rings. The molecule has 1 rings (SSSR count). The van der Waals surface area contributed by atoms with Crippen LogP contribution in [-0.2, 0) is 4.84 Å². The summed E-state index contributed by atoms with van der Waals surface area (Å²) in [5.74, 6) is -2.30. The summed E-state index contributed by atoms with van der Waals surface area (Å²) in [6, 6.07) is 1.89. The van der Waals surface area contributed by atoms with Crippen LogP contribution in [0.15, 0.2) is 18.2 Å². The number of hydroxylamine groups is 1. The Bertz CT molecular complexity index is 503. The van der Waals surface area contributed by atoms with Gasteiger partial charge in [-0.3, -0.25) is 19.7 Å². The molecule has 10 heteroatoms. The van der Waals surface area contributed by atoms with Crippen molar-refractivity contribution in [1.82, 2.24) is 5.48 Å². The number of nitrogens with zero attached hydrogens (tertiary/aromatic N) is 1. The van der Waals surface area contributed by atoms with Crippen LogP contribution >= 0.6 is 0 Å². The van der Waals surface area contributed by atoms with Gasteiger partial charge >= 0.3 is 6.18 Å². The van der Waals surface area contributed by atoms with Gasteiger partial charge in [-0.25, -0.2) is 9.87 Å². The van der Waals surface area contributed by atoms with E-state index < -0.39 is 40.7 Å². The second-order valence-corrected chi connectivity index (χ2v) is 3.29. The van der Waals surface area contributed by atoms with Gasteiger partial charge in [0, 0.05) is 6.07 Å². The molecule has 19 heavy (non-hydrogen) atoms. The van der Waals surface area contributed by atoms with Crippen LogP contribution in [0.4, 0.5) is 23.2 Å². The fourth-order valence-electron chi connectivity index (χ4n) is 1.05. The lowest BCUT2D eigenvalue weighted by molar-refractivity contribution is -0.385. The zero-order valence-electron chi connectivity index (χ0n) is 9.03. The van der Waals surface area contributed by atoms with Gasteiger partial charge in [0.2, 0.25) is 0 Å². The normalized spacial score (nSPS) is 11.2. The Morgan fingerprint density at radius 1 is 1.37 bits per heavy atom. The van der Waals surface area contributed by atoms with E-state index in [1.54, 1.807) is 0 Å². The van der Waals surface area contributed by atoms with E-state index in [1.165, 1.54) is 5.48 Å². The quantitative estimate of drug-likeness (QED) is 0.520. The number of amides is 1. The van der Waals surface area contributed by atoms with Gasteiger partial charge in [-0.2, -0.15) is 13.2 Å². The maximum atomic E-state index is 13.0. The third kappa shape index (κ3) is 4.87. The molecule has 0 atom stereocenters. The molecule has 1 amide bonds. The Morgan fingerprint density at radius 2 is 2.00 bits per heavy atom. The summed E-state index contributed by atoms with van der Waals surface area (Å²) >= 11 is 0. The average Bonchev–Trinajstić information content (AvgIpc) is 2.26. The van der Waals surface area contributed by atoms with Gasteiger partial charge in [0.25, 0.3) is 11.6 Å². The standard InChI is InChI=1S/C9H6F4N2O4/c10-6-1-5(2-7(3-6)15(17)18)8(16)14-19-4-9(11,12)13/h1-3H,4H2,(H,14,16). The molecular weight excluding hydrogens is 276 g/mol. The fourth-order valence-corrected chi connectivity index (χ4v) is 1.05. The van der Waals surface area contributed by atoms with Crippen molar-refractivity contribution in [2.45, 2.75) is 6.18 Å². The molecule has 1 N–H and O–H groups in total. The highest BCUT2D eigenvalue weighted by Gasteiger charge is 2.28. The summed E-state index contributed by atoms with van der Waals surface area (Å²) in [7, 11) is 0. The highest BCUT2D eigenvalue weighted by atomic mass is 19.4. The van der Waals surface area contributed by atoms with Crippen molar-refractivity contribution in [3.05, 3.63) is 39.7 Å². The molecule has 0 unspecified atom stereocenters. The van der Waals surface area contributed by atoms with E-state index in [2.05, 4.69) is 4.84 Å². The zero-order valence-corrected chi connectivity index (χ0v) is 9.03. The Balaban J connectivity index is 2.74. The number of non-ortho nitro benzene ring substituents is 1. The molecule has 0 aliphatic heterocycles. The van der Waals surface area contributed by atoms with Crippen LogP contribution < -0.4 is 5.48 Å². The summed E-state index contributed by atoms with van der Waals surface area (Å²) in [4.78, 5) is 24.6. The first-order chi connectivity index (χ1) is 8.69. The number of nitrogens with one attached hydrogen (secondary N) is 1. The van der Waals surface area contributed by atoms with Crippen molar-refractivity contribution in [3.8, 4) is 0 Å². The molecule has 0 aliphatic carbocycles. The minimum Gasteiger partial charge on any atom is -0.267 e. The molecule has 6 nitrogen and oxygen atoms in total. The molecule has 0 saturated carbocycles. The van der Waals surface area contributed by atoms with Crippen molar-refractivity contribution in [2.75, 3.05) is 6.61 Å². The van der Waals surface area contributed by atoms with Crippen molar-refractivity contribution in [2.24, 2.45) is 0 Å². The minimum absolute atomic E-state index is 0.533. The van der Waals surface area contributed by atoms with E-state index >= 15 is 0 Å². The minimum atomic E-state index is -4.65. The number of hydrogen-bond donors (Lipinski definition) is 1. The van der Waals surface area contributed by atoms with Crippen LogP contribution in [-0.4, -0.2) is 23.6 Å². The molecule has 0 bridgehead atoms. The Labute approximate surface area is 103 Å². The SMILES string of the molecule is O=C(NOCC(F)(F)F)c1cc(F)cc([N+](=O)[O-])c1. The molecule has 0 spiro atoms. The maximum absolute atomic E-state index is 13.0. The van der Waals surface area contributed by atoms with Gasteiger partial charge in [-0.15, -0.1) is 0 Å². The van der Waals surface area contributed by atoms with E-state index in [-0.39, 0.29) is 0 Å². The molecule has 0 aromatic heterocycles. The number of rotatable bonds is 4. The second kappa shape index (κ2) is 5.61. The van der Waals surface area contributed by atoms with E-state index in [4.69, 9.17) is 0 Å². The number of halogens is 4. The van der Waals surface area contributed by atoms with Gasteiger partial charge in [-0.1, -0.05) is 0 Å². The lowest BCUT2D eigenvalue weighted by atomic mass is 10.2. The predicted molar refractivity (Wildman–Crippen MR) is 52.5 cm³/mol. The molecule has 1 aromatic carbocycles. The van der Waals surface area contributed by atoms with Crippen LogP contribution in [0.3, 0.4) is 0 Å². The van der Waals surface area contributed by atoms with Crippen molar-refractivity contribution >= 4 is 11.6 Å². The summed E-state index contributed by atoms with van der Waals surface area (Å²) in [6.45, 7) is -1.74. The van der Waals surface area contributed by atoms with Gasteiger partial charge < -0.3 is 0 Å². The Kier molecular flexibility index (Phi) is 4.38. The Hall–Kier alpha value is -2.23. The maximum Gasteiger partial charge on any atom is 0.414 e. The first-order valence-corrected chi connectivity index (χ1v) is 4.63. The number of alkyl halides is 3. The van der Waals surface area contributed by atoms with Crippen molar-refractivity contribution in [3.63, 3.8) is 0 Å². The zero-order chi connectivity index (χ0) is 14.6. The van der Waals surface area contributed by atoms with E-state index in [0.29, 0.717) is 18.2 Å². The third-order valence-corrected chi connectivity index (χ3v) is 1.76. The smallest absolute Gasteiger partial charge is 0.267 e. The highest BCUT2D eigenvalue weighted by Crippen LogP contribution is 2.17. The summed E-state index contributed by atoms with van der Waals surface area (Å²) in [5.41, 5.74) is 0.160. The van der Waals surface area contributed by atoms with Crippen molar-refractivity contribution < 1.29 is 32.1 Å². The third-order valence-electron chi connectivity index (χ3n) is 1.76. The molecule has 0 fully saturated rings. The number of hydrogen-bond acceptors (Lipinski definition) is 4. The van der Waals surface area contributed by atoms with Crippen LogP contribution in [0.5, 0.6) is 0 Å². The summed E-state index contributed by atoms with van der Waals surface area (Å²) < 4.78 is 48.1. The van der Waals surface area contributed by atoms with Crippen LogP contribution in [0.25, 0.3) is 0 Å². The van der Waals surface area contributed by atoms with Crippen LogP contribution in [0, 0.1) is 15.9 Å². The highest BCUT2D eigenvalue weighted by molar-refractivity contribution is 5.94. The number of carbonyl (C=O) groups excluding carboxylic acids is 1. The van der Waals surface area contributed by atoms with Gasteiger partial charge in [0.1, 0.15) is 5.82 Å². The number of carbonyl (C=O) groups is 1. The monoisotopic (exact) mass is 282 g/mol. The number of nitro groups is 1. The van der Waals surface area contributed by atoms with Crippen molar-refractivity contribution in [1.29, 1.82) is 0 Å². The molecule has 0 heterocycles. The van der Waals surface area contributed by atoms with E-state index in [9.17, 15) is 32.5 Å². The lowest BCUT2D eigenvalue weighted by Crippen LogP contribution is -2.29. The average molecular weight is 282 g/mol. The van der Waals surface area contributed by atoms with E-state index in [0.717, 1.165) is 0 Å². The lowest BCUT2D eigenvalue weighted by Gasteiger charge is -2.08. The first-order valence-electron chi connectivity index (χ1n) is 4.63.